The molecule has 0 spiro atoms. The molecule has 0 aromatic heterocycles. The normalized spacial score (nSPS) is 27.4. The van der Waals surface area contributed by atoms with E-state index in [2.05, 4.69) is 13.8 Å². The summed E-state index contributed by atoms with van der Waals surface area (Å²) >= 11 is 0. The standard InChI is InChI=1S/C12H25NO/c1-10(2)5-4-8-14-12-7-3-6-11(12)9-13/h10-12H,3-9,13H2,1-2H3. The van der Waals surface area contributed by atoms with Crippen LogP contribution in [0.1, 0.15) is 46.0 Å². The summed E-state index contributed by atoms with van der Waals surface area (Å²) in [6, 6.07) is 0. The summed E-state index contributed by atoms with van der Waals surface area (Å²) in [5.41, 5.74) is 5.70. The SMILES string of the molecule is CC(C)CCCOC1CCCC1CN. The molecule has 2 atom stereocenters. The third kappa shape index (κ3) is 3.97. The van der Waals surface area contributed by atoms with Crippen LogP contribution in [0, 0.1) is 11.8 Å². The van der Waals surface area contributed by atoms with E-state index in [0.717, 1.165) is 19.1 Å². The lowest BCUT2D eigenvalue weighted by atomic mass is 10.1. The van der Waals surface area contributed by atoms with Crippen molar-refractivity contribution in [3.63, 3.8) is 0 Å². The van der Waals surface area contributed by atoms with Gasteiger partial charge in [0, 0.05) is 6.61 Å². The molecule has 2 N–H and O–H groups in total. The highest BCUT2D eigenvalue weighted by Gasteiger charge is 2.26. The lowest BCUT2D eigenvalue weighted by Gasteiger charge is -2.18. The van der Waals surface area contributed by atoms with Crippen molar-refractivity contribution in [2.45, 2.75) is 52.1 Å². The molecule has 2 unspecified atom stereocenters. The van der Waals surface area contributed by atoms with Crippen LogP contribution in [0.2, 0.25) is 0 Å². The molecule has 1 aliphatic rings. The van der Waals surface area contributed by atoms with Crippen LogP contribution in [0.15, 0.2) is 0 Å². The monoisotopic (exact) mass is 199 g/mol. The van der Waals surface area contributed by atoms with Crippen LogP contribution in [0.3, 0.4) is 0 Å². The summed E-state index contributed by atoms with van der Waals surface area (Å²) < 4.78 is 5.88. The maximum atomic E-state index is 5.88. The Balaban J connectivity index is 2.05. The summed E-state index contributed by atoms with van der Waals surface area (Å²) in [7, 11) is 0. The van der Waals surface area contributed by atoms with Crippen LogP contribution in [0.25, 0.3) is 0 Å². The van der Waals surface area contributed by atoms with Crippen LogP contribution in [0.5, 0.6) is 0 Å². The van der Waals surface area contributed by atoms with Gasteiger partial charge in [0.15, 0.2) is 0 Å². The highest BCUT2D eigenvalue weighted by molar-refractivity contribution is 4.78. The van der Waals surface area contributed by atoms with Gasteiger partial charge in [-0.25, -0.2) is 0 Å². The molecule has 0 aromatic carbocycles. The Hall–Kier alpha value is -0.0800. The lowest BCUT2D eigenvalue weighted by molar-refractivity contribution is 0.0269. The van der Waals surface area contributed by atoms with Crippen LogP contribution < -0.4 is 5.73 Å². The number of ether oxygens (including phenoxy) is 1. The first-order chi connectivity index (χ1) is 6.74. The molecule has 2 heteroatoms. The Morgan fingerprint density at radius 1 is 1.36 bits per heavy atom. The van der Waals surface area contributed by atoms with Gasteiger partial charge in [0.25, 0.3) is 0 Å². The topological polar surface area (TPSA) is 35.2 Å². The number of rotatable bonds is 6. The summed E-state index contributed by atoms with van der Waals surface area (Å²) in [4.78, 5) is 0. The van der Waals surface area contributed by atoms with Crippen molar-refractivity contribution >= 4 is 0 Å². The van der Waals surface area contributed by atoms with E-state index >= 15 is 0 Å². The fourth-order valence-corrected chi connectivity index (χ4v) is 2.22. The molecule has 0 bridgehead atoms. The Morgan fingerprint density at radius 3 is 2.79 bits per heavy atom. The van der Waals surface area contributed by atoms with Gasteiger partial charge in [0.1, 0.15) is 0 Å². The fraction of sp³-hybridized carbons (Fsp3) is 1.00. The van der Waals surface area contributed by atoms with E-state index in [1.165, 1.54) is 32.1 Å². The minimum Gasteiger partial charge on any atom is -0.378 e. The van der Waals surface area contributed by atoms with Gasteiger partial charge in [-0.15, -0.1) is 0 Å². The maximum absolute atomic E-state index is 5.88. The molecule has 1 rings (SSSR count). The van der Waals surface area contributed by atoms with Gasteiger partial charge in [0.2, 0.25) is 0 Å². The van der Waals surface area contributed by atoms with Crippen LogP contribution in [-0.2, 0) is 4.74 Å². The molecule has 0 aliphatic heterocycles. The third-order valence-electron chi connectivity index (χ3n) is 3.15. The Labute approximate surface area is 88.2 Å². The molecule has 1 aliphatic carbocycles. The van der Waals surface area contributed by atoms with Gasteiger partial charge in [-0.05, 0) is 44.1 Å². The van der Waals surface area contributed by atoms with Crippen molar-refractivity contribution in [2.24, 2.45) is 17.6 Å². The lowest BCUT2D eigenvalue weighted by Crippen LogP contribution is -2.25. The average Bonchev–Trinajstić information content (AvgIpc) is 2.59. The van der Waals surface area contributed by atoms with Gasteiger partial charge in [-0.1, -0.05) is 20.3 Å². The van der Waals surface area contributed by atoms with Gasteiger partial charge in [0.05, 0.1) is 6.10 Å². The van der Waals surface area contributed by atoms with E-state index in [-0.39, 0.29) is 0 Å². The van der Waals surface area contributed by atoms with Crippen molar-refractivity contribution in [3.05, 3.63) is 0 Å². The summed E-state index contributed by atoms with van der Waals surface area (Å²) in [6.45, 7) is 6.25. The Bertz CT molecular complexity index is 147. The van der Waals surface area contributed by atoms with Gasteiger partial charge in [-0.2, -0.15) is 0 Å². The second-order valence-corrected chi connectivity index (χ2v) is 4.87. The summed E-state index contributed by atoms with van der Waals surface area (Å²) in [5.74, 6) is 1.43. The Kier molecular flexibility index (Phi) is 5.49. The van der Waals surface area contributed by atoms with Crippen molar-refractivity contribution in [1.82, 2.24) is 0 Å². The summed E-state index contributed by atoms with van der Waals surface area (Å²) in [6.07, 6.45) is 6.74. The van der Waals surface area contributed by atoms with E-state index in [1.807, 2.05) is 0 Å². The molecule has 1 saturated carbocycles. The third-order valence-corrected chi connectivity index (χ3v) is 3.15. The highest BCUT2D eigenvalue weighted by atomic mass is 16.5. The van der Waals surface area contributed by atoms with Gasteiger partial charge < -0.3 is 10.5 Å². The molecule has 0 radical (unpaired) electrons. The fourth-order valence-electron chi connectivity index (χ4n) is 2.22. The zero-order chi connectivity index (χ0) is 10.4. The highest BCUT2D eigenvalue weighted by Crippen LogP contribution is 2.27. The molecule has 2 nitrogen and oxygen atoms in total. The summed E-state index contributed by atoms with van der Waals surface area (Å²) in [5, 5.41) is 0. The first kappa shape index (κ1) is 12.0. The van der Waals surface area contributed by atoms with E-state index in [1.54, 1.807) is 0 Å². The van der Waals surface area contributed by atoms with E-state index in [4.69, 9.17) is 10.5 Å². The molecule has 14 heavy (non-hydrogen) atoms. The quantitative estimate of drug-likeness (QED) is 0.667. The first-order valence-corrected chi connectivity index (χ1v) is 6.05. The molecule has 0 aromatic rings. The van der Waals surface area contributed by atoms with E-state index < -0.39 is 0 Å². The van der Waals surface area contributed by atoms with Crippen molar-refractivity contribution in [2.75, 3.05) is 13.2 Å². The minimum atomic E-state index is 0.465. The van der Waals surface area contributed by atoms with Crippen LogP contribution in [0.4, 0.5) is 0 Å². The number of nitrogens with two attached hydrogens (primary N) is 1. The minimum absolute atomic E-state index is 0.465. The zero-order valence-corrected chi connectivity index (χ0v) is 9.67. The Morgan fingerprint density at radius 2 is 2.14 bits per heavy atom. The molecule has 0 amide bonds. The zero-order valence-electron chi connectivity index (χ0n) is 9.67. The molecule has 0 saturated heterocycles. The second kappa shape index (κ2) is 6.41. The van der Waals surface area contributed by atoms with Crippen molar-refractivity contribution < 1.29 is 4.74 Å². The van der Waals surface area contributed by atoms with E-state index in [9.17, 15) is 0 Å². The number of hydrogen-bond acceptors (Lipinski definition) is 2. The molecule has 1 fully saturated rings. The van der Waals surface area contributed by atoms with E-state index in [0.29, 0.717) is 12.0 Å². The van der Waals surface area contributed by atoms with Gasteiger partial charge >= 0.3 is 0 Å². The first-order valence-electron chi connectivity index (χ1n) is 6.05. The predicted molar refractivity (Wildman–Crippen MR) is 60.2 cm³/mol. The van der Waals surface area contributed by atoms with Crippen LogP contribution in [-0.4, -0.2) is 19.3 Å². The van der Waals surface area contributed by atoms with Crippen LogP contribution >= 0.6 is 0 Å². The molecular weight excluding hydrogens is 174 g/mol. The smallest absolute Gasteiger partial charge is 0.0615 e. The number of hydrogen-bond donors (Lipinski definition) is 1. The maximum Gasteiger partial charge on any atom is 0.0615 e. The molecule has 84 valence electrons. The second-order valence-electron chi connectivity index (χ2n) is 4.87. The van der Waals surface area contributed by atoms with Crippen molar-refractivity contribution in [1.29, 1.82) is 0 Å². The van der Waals surface area contributed by atoms with Gasteiger partial charge in [-0.3, -0.25) is 0 Å². The molecule has 0 heterocycles. The predicted octanol–water partition coefficient (Wildman–Crippen LogP) is 2.57. The molecular formula is C12H25NO. The largest absolute Gasteiger partial charge is 0.378 e. The van der Waals surface area contributed by atoms with Crippen molar-refractivity contribution in [3.8, 4) is 0 Å². The average molecular weight is 199 g/mol.